The van der Waals surface area contributed by atoms with E-state index in [0.717, 1.165) is 18.8 Å². The van der Waals surface area contributed by atoms with E-state index in [1.165, 1.54) is 70.5 Å². The first-order valence-corrected chi connectivity index (χ1v) is 12.7. The van der Waals surface area contributed by atoms with E-state index >= 15 is 0 Å². The zero-order chi connectivity index (χ0) is 25.0. The van der Waals surface area contributed by atoms with Gasteiger partial charge in [0, 0.05) is 20.2 Å². The minimum absolute atomic E-state index is 0.386. The minimum atomic E-state index is -4.64. The van der Waals surface area contributed by atoms with Gasteiger partial charge in [-0.2, -0.15) is 0 Å². The molecule has 200 valence electrons. The van der Waals surface area contributed by atoms with E-state index in [1.807, 2.05) is 0 Å². The zero-order valence-corrected chi connectivity index (χ0v) is 20.7. The van der Waals surface area contributed by atoms with Crippen molar-refractivity contribution in [2.45, 2.75) is 97.8 Å². The van der Waals surface area contributed by atoms with Gasteiger partial charge in [0.1, 0.15) is 6.26 Å². The second-order valence-corrected chi connectivity index (χ2v) is 8.48. The van der Waals surface area contributed by atoms with Gasteiger partial charge < -0.3 is 19.6 Å². The zero-order valence-electron chi connectivity index (χ0n) is 19.8. The lowest BCUT2D eigenvalue weighted by atomic mass is 10.0. The standard InChI is InChI=1S/C19H38O9.H3O4P/c1-4-17-20-22-24-26-28-27-25-23-21-18-15-13-11-9-7-5-6-8-10-12-14-16-19(2)3;1-5(2,3)4/h4,17,19H,5-16,18H2,1-3H3;(H3,1,2,3,4). The molecule has 0 aromatic heterocycles. The lowest BCUT2D eigenvalue weighted by Crippen LogP contribution is -2.02. The Morgan fingerprint density at radius 3 is 1.52 bits per heavy atom. The van der Waals surface area contributed by atoms with Crippen LogP contribution in [0.5, 0.6) is 0 Å². The Bertz CT molecular complexity index is 437. The number of rotatable bonds is 23. The van der Waals surface area contributed by atoms with Crippen LogP contribution in [0.2, 0.25) is 0 Å². The first-order valence-electron chi connectivity index (χ1n) is 11.1. The molecular weight excluding hydrogens is 467 g/mol. The third kappa shape index (κ3) is 45.5. The highest BCUT2D eigenvalue weighted by Gasteiger charge is 2.00. The van der Waals surface area contributed by atoms with E-state index < -0.39 is 7.82 Å². The van der Waals surface area contributed by atoms with Gasteiger partial charge >= 0.3 is 7.82 Å². The molecule has 0 rings (SSSR count). The fourth-order valence-electron chi connectivity index (χ4n) is 2.51. The van der Waals surface area contributed by atoms with Gasteiger partial charge in [-0.3, -0.25) is 0 Å². The molecule has 0 aromatic rings. The topological polar surface area (TPSA) is 161 Å². The molecule has 0 aliphatic heterocycles. The average molecular weight is 508 g/mol. The molecule has 13 nitrogen and oxygen atoms in total. The Hall–Kier alpha value is -0.670. The molecular formula is C19H41O13P. The third-order valence-corrected chi connectivity index (χ3v) is 3.95. The van der Waals surface area contributed by atoms with Gasteiger partial charge in [0.25, 0.3) is 0 Å². The molecule has 0 aromatic carbocycles. The van der Waals surface area contributed by atoms with Crippen molar-refractivity contribution in [2.75, 3.05) is 6.61 Å². The van der Waals surface area contributed by atoms with Gasteiger partial charge in [-0.15, -0.1) is 0 Å². The van der Waals surface area contributed by atoms with Crippen LogP contribution in [-0.2, 0) is 49.6 Å². The fourth-order valence-corrected chi connectivity index (χ4v) is 2.51. The maximum Gasteiger partial charge on any atom is 0.466 e. The average Bonchev–Trinajstić information content (AvgIpc) is 2.73. The van der Waals surface area contributed by atoms with E-state index in [9.17, 15) is 0 Å². The molecule has 0 saturated carbocycles. The van der Waals surface area contributed by atoms with E-state index in [2.05, 4.69) is 54.0 Å². The van der Waals surface area contributed by atoms with Crippen molar-refractivity contribution in [2.24, 2.45) is 5.92 Å². The van der Waals surface area contributed by atoms with Crippen molar-refractivity contribution in [1.29, 1.82) is 0 Å². The summed E-state index contributed by atoms with van der Waals surface area (Å²) in [7, 11) is -4.64. The number of unbranched alkanes of at least 4 members (excludes halogenated alkanes) is 10. The van der Waals surface area contributed by atoms with E-state index in [0.29, 0.717) is 6.61 Å². The predicted octanol–water partition coefficient (Wildman–Crippen LogP) is 5.40. The molecule has 33 heavy (non-hydrogen) atoms. The molecule has 0 aliphatic rings. The van der Waals surface area contributed by atoms with Crippen LogP contribution >= 0.6 is 7.82 Å². The predicted molar refractivity (Wildman–Crippen MR) is 114 cm³/mol. The smallest absolute Gasteiger partial charge is 0.314 e. The Labute approximate surface area is 195 Å². The van der Waals surface area contributed by atoms with Crippen LogP contribution < -0.4 is 0 Å². The van der Waals surface area contributed by atoms with Crippen LogP contribution in [0.15, 0.2) is 12.3 Å². The van der Waals surface area contributed by atoms with Crippen LogP contribution in [0, 0.1) is 5.92 Å². The van der Waals surface area contributed by atoms with Crippen LogP contribution in [0.4, 0.5) is 0 Å². The van der Waals surface area contributed by atoms with Gasteiger partial charge in [0.05, 0.1) is 6.61 Å². The maximum atomic E-state index is 8.88. The molecule has 14 heteroatoms. The molecule has 0 fully saturated rings. The lowest BCUT2D eigenvalue weighted by Gasteiger charge is -2.05. The highest BCUT2D eigenvalue weighted by atomic mass is 31.2. The van der Waals surface area contributed by atoms with Gasteiger partial charge in [-0.1, -0.05) is 84.5 Å². The van der Waals surface area contributed by atoms with Gasteiger partial charge in [0.2, 0.25) is 0 Å². The Kier molecular flexibility index (Phi) is 28.8. The lowest BCUT2D eigenvalue weighted by molar-refractivity contribution is -0.829. The van der Waals surface area contributed by atoms with Crippen LogP contribution in [-0.4, -0.2) is 21.3 Å². The van der Waals surface area contributed by atoms with Crippen LogP contribution in [0.25, 0.3) is 0 Å². The Morgan fingerprint density at radius 1 is 0.667 bits per heavy atom. The summed E-state index contributed by atoms with van der Waals surface area (Å²) in [6.07, 6.45) is 18.1. The fraction of sp³-hybridized carbons (Fsp3) is 0.895. The SMILES string of the molecule is CC=COOOOOOOOOCCCCCCCCCCCCCC(C)C.O=P(O)(O)O. The summed E-state index contributed by atoms with van der Waals surface area (Å²) in [5, 5.41) is 27.7. The van der Waals surface area contributed by atoms with Gasteiger partial charge in [0.15, 0.2) is 0 Å². The van der Waals surface area contributed by atoms with Crippen LogP contribution in [0.3, 0.4) is 0 Å². The van der Waals surface area contributed by atoms with E-state index in [-0.39, 0.29) is 0 Å². The summed E-state index contributed by atoms with van der Waals surface area (Å²) in [4.78, 5) is 30.5. The molecule has 3 N–H and O–H groups in total. The molecule has 0 amide bonds. The molecule has 0 radical (unpaired) electrons. The molecule has 0 heterocycles. The number of hydrogen-bond donors (Lipinski definition) is 3. The first kappa shape index (κ1) is 34.5. The van der Waals surface area contributed by atoms with Crippen molar-refractivity contribution in [1.82, 2.24) is 0 Å². The van der Waals surface area contributed by atoms with Gasteiger partial charge in [-0.25, -0.2) is 9.45 Å². The van der Waals surface area contributed by atoms with E-state index in [1.54, 1.807) is 13.0 Å². The Morgan fingerprint density at radius 2 is 1.06 bits per heavy atom. The molecule has 0 unspecified atom stereocenters. The number of allylic oxidation sites excluding steroid dienone is 1. The Balaban J connectivity index is 0. The number of phosphoric acid groups is 1. The minimum Gasteiger partial charge on any atom is -0.314 e. The quantitative estimate of drug-likeness (QED) is 0.0529. The largest absolute Gasteiger partial charge is 0.466 e. The molecule has 0 aliphatic carbocycles. The van der Waals surface area contributed by atoms with Crippen molar-refractivity contribution >= 4 is 7.82 Å². The normalized spacial score (nSPS) is 11.7. The van der Waals surface area contributed by atoms with Crippen LogP contribution in [0.1, 0.15) is 97.8 Å². The summed E-state index contributed by atoms with van der Waals surface area (Å²) in [6, 6.07) is 0. The molecule has 0 spiro atoms. The highest BCUT2D eigenvalue weighted by Crippen LogP contribution is 2.25. The molecule has 0 saturated heterocycles. The third-order valence-electron chi connectivity index (χ3n) is 3.95. The molecule has 0 atom stereocenters. The second kappa shape index (κ2) is 27.6. The van der Waals surface area contributed by atoms with Crippen molar-refractivity contribution < 1.29 is 64.3 Å². The summed E-state index contributed by atoms with van der Waals surface area (Å²) in [5.74, 6) is 0.844. The summed E-state index contributed by atoms with van der Waals surface area (Å²) in [6.45, 7) is 6.69. The second-order valence-electron chi connectivity index (χ2n) is 7.45. The molecule has 0 bridgehead atoms. The summed E-state index contributed by atoms with van der Waals surface area (Å²) in [5.41, 5.74) is 0. The summed E-state index contributed by atoms with van der Waals surface area (Å²) < 4.78 is 8.88. The van der Waals surface area contributed by atoms with Crippen molar-refractivity contribution in [3.63, 3.8) is 0 Å². The number of hydrogen-bond acceptors (Lipinski definition) is 10. The van der Waals surface area contributed by atoms with Crippen molar-refractivity contribution in [3.05, 3.63) is 12.3 Å². The maximum absolute atomic E-state index is 8.88. The highest BCUT2D eigenvalue weighted by molar-refractivity contribution is 7.45. The monoisotopic (exact) mass is 508 g/mol. The summed E-state index contributed by atoms with van der Waals surface area (Å²) >= 11 is 0. The van der Waals surface area contributed by atoms with Gasteiger partial charge in [-0.05, 0) is 40.5 Å². The van der Waals surface area contributed by atoms with E-state index in [4.69, 9.17) is 24.1 Å². The first-order chi connectivity index (χ1) is 15.8. The van der Waals surface area contributed by atoms with Crippen molar-refractivity contribution in [3.8, 4) is 0 Å².